The summed E-state index contributed by atoms with van der Waals surface area (Å²) in [5.74, 6) is -0.101. The standard InChI is InChI=1S/C19H16ClN3O/c20-15-4-1-3-14(11-15)19(24)23-12-16(13-6-9-21-10-7-13)18-17(23)5-2-8-22-18/h1-6,8,11-12,21H,7,9-10H2. The lowest BCUT2D eigenvalue weighted by Crippen LogP contribution is -2.20. The predicted octanol–water partition coefficient (Wildman–Crippen LogP) is 3.75. The van der Waals surface area contributed by atoms with Crippen molar-refractivity contribution in [3.63, 3.8) is 0 Å². The highest BCUT2D eigenvalue weighted by Crippen LogP contribution is 2.29. The molecule has 3 aromatic rings. The van der Waals surface area contributed by atoms with E-state index in [1.165, 1.54) is 5.57 Å². The zero-order valence-corrected chi connectivity index (χ0v) is 13.8. The van der Waals surface area contributed by atoms with Crippen molar-refractivity contribution < 1.29 is 4.79 Å². The topological polar surface area (TPSA) is 46.9 Å². The summed E-state index contributed by atoms with van der Waals surface area (Å²) in [4.78, 5) is 17.5. The van der Waals surface area contributed by atoms with Crippen LogP contribution in [0.2, 0.25) is 5.02 Å². The number of halogens is 1. The predicted molar refractivity (Wildman–Crippen MR) is 96.4 cm³/mol. The van der Waals surface area contributed by atoms with Gasteiger partial charge in [0.25, 0.3) is 5.91 Å². The maximum Gasteiger partial charge on any atom is 0.262 e. The van der Waals surface area contributed by atoms with E-state index in [0.717, 1.165) is 36.1 Å². The molecule has 1 aliphatic heterocycles. The molecule has 1 aliphatic rings. The van der Waals surface area contributed by atoms with Crippen LogP contribution in [0.3, 0.4) is 0 Å². The van der Waals surface area contributed by atoms with Crippen molar-refractivity contribution in [3.8, 4) is 0 Å². The molecule has 0 bridgehead atoms. The fraction of sp³-hybridized carbons (Fsp3) is 0.158. The van der Waals surface area contributed by atoms with Crippen LogP contribution in [0, 0.1) is 0 Å². The van der Waals surface area contributed by atoms with Crippen molar-refractivity contribution in [2.24, 2.45) is 0 Å². The Hall–Kier alpha value is -2.43. The van der Waals surface area contributed by atoms with Crippen molar-refractivity contribution in [1.29, 1.82) is 0 Å². The molecule has 0 unspecified atom stereocenters. The van der Waals surface area contributed by atoms with Gasteiger partial charge in [-0.05, 0) is 48.9 Å². The van der Waals surface area contributed by atoms with Crippen LogP contribution in [0.5, 0.6) is 0 Å². The van der Waals surface area contributed by atoms with Crippen LogP contribution in [0.1, 0.15) is 22.3 Å². The van der Waals surface area contributed by atoms with Gasteiger partial charge >= 0.3 is 0 Å². The van der Waals surface area contributed by atoms with Gasteiger partial charge in [-0.2, -0.15) is 0 Å². The summed E-state index contributed by atoms with van der Waals surface area (Å²) in [5, 5.41) is 3.86. The van der Waals surface area contributed by atoms with Crippen LogP contribution in [0.4, 0.5) is 0 Å². The third-order valence-electron chi connectivity index (χ3n) is 4.26. The average molecular weight is 338 g/mol. The molecule has 5 heteroatoms. The lowest BCUT2D eigenvalue weighted by molar-refractivity contribution is 0.0965. The van der Waals surface area contributed by atoms with E-state index in [0.29, 0.717) is 10.6 Å². The summed E-state index contributed by atoms with van der Waals surface area (Å²) in [6, 6.07) is 10.8. The molecule has 0 amide bonds. The van der Waals surface area contributed by atoms with E-state index in [1.54, 1.807) is 35.0 Å². The molecule has 1 N–H and O–H groups in total. The number of benzene rings is 1. The Bertz CT molecular complexity index is 958. The SMILES string of the molecule is O=C(c1cccc(Cl)c1)n1cc(C2=CCNCC2)c2ncccc21. The first-order chi connectivity index (χ1) is 11.7. The number of carbonyl (C=O) groups is 1. The smallest absolute Gasteiger partial charge is 0.262 e. The van der Waals surface area contributed by atoms with E-state index in [2.05, 4.69) is 16.4 Å². The second kappa shape index (κ2) is 6.23. The highest BCUT2D eigenvalue weighted by atomic mass is 35.5. The fourth-order valence-electron chi connectivity index (χ4n) is 3.09. The number of rotatable bonds is 2. The molecule has 0 saturated carbocycles. The summed E-state index contributed by atoms with van der Waals surface area (Å²) in [6.45, 7) is 1.78. The molecule has 4 nitrogen and oxygen atoms in total. The van der Waals surface area contributed by atoms with Gasteiger partial charge < -0.3 is 5.32 Å². The van der Waals surface area contributed by atoms with Crippen molar-refractivity contribution in [2.45, 2.75) is 6.42 Å². The number of pyridine rings is 1. The van der Waals surface area contributed by atoms with E-state index >= 15 is 0 Å². The number of hydrogen-bond acceptors (Lipinski definition) is 3. The number of aromatic nitrogens is 2. The monoisotopic (exact) mass is 337 g/mol. The van der Waals surface area contributed by atoms with Crippen molar-refractivity contribution >= 4 is 34.1 Å². The van der Waals surface area contributed by atoms with E-state index in [4.69, 9.17) is 11.6 Å². The van der Waals surface area contributed by atoms with Crippen LogP contribution in [-0.4, -0.2) is 28.5 Å². The van der Waals surface area contributed by atoms with Gasteiger partial charge in [-0.15, -0.1) is 0 Å². The van der Waals surface area contributed by atoms with Crippen LogP contribution >= 0.6 is 11.6 Å². The molecule has 2 aromatic heterocycles. The second-order valence-electron chi connectivity index (χ2n) is 5.78. The molecule has 0 fully saturated rings. The van der Waals surface area contributed by atoms with Crippen molar-refractivity contribution in [1.82, 2.24) is 14.9 Å². The van der Waals surface area contributed by atoms with Crippen LogP contribution < -0.4 is 5.32 Å². The number of fused-ring (bicyclic) bond motifs is 1. The highest BCUT2D eigenvalue weighted by Gasteiger charge is 2.19. The van der Waals surface area contributed by atoms with Gasteiger partial charge in [0.15, 0.2) is 0 Å². The molecule has 24 heavy (non-hydrogen) atoms. The Balaban J connectivity index is 1.87. The van der Waals surface area contributed by atoms with Gasteiger partial charge in [-0.1, -0.05) is 23.7 Å². The van der Waals surface area contributed by atoms with E-state index in [9.17, 15) is 4.79 Å². The summed E-state index contributed by atoms with van der Waals surface area (Å²) >= 11 is 6.03. The molecule has 0 saturated heterocycles. The Labute approximate surface area is 144 Å². The number of nitrogens with zero attached hydrogens (tertiary/aromatic N) is 2. The van der Waals surface area contributed by atoms with E-state index in [-0.39, 0.29) is 5.91 Å². The minimum absolute atomic E-state index is 0.101. The van der Waals surface area contributed by atoms with Crippen molar-refractivity contribution in [3.05, 3.63) is 71.0 Å². The molecule has 1 aromatic carbocycles. The molecule has 0 atom stereocenters. The van der Waals surface area contributed by atoms with Gasteiger partial charge in [0, 0.05) is 35.1 Å². The zero-order valence-electron chi connectivity index (χ0n) is 13.0. The normalized spacial score (nSPS) is 14.6. The summed E-state index contributed by atoms with van der Waals surface area (Å²) in [5.41, 5.74) is 4.50. The molecular weight excluding hydrogens is 322 g/mol. The van der Waals surface area contributed by atoms with E-state index < -0.39 is 0 Å². The fourth-order valence-corrected chi connectivity index (χ4v) is 3.28. The average Bonchev–Trinajstić information content (AvgIpc) is 3.01. The highest BCUT2D eigenvalue weighted by molar-refractivity contribution is 6.31. The minimum Gasteiger partial charge on any atom is -0.313 e. The number of hydrogen-bond donors (Lipinski definition) is 1. The number of carbonyl (C=O) groups excluding carboxylic acids is 1. The molecule has 120 valence electrons. The summed E-state index contributed by atoms with van der Waals surface area (Å²) < 4.78 is 1.67. The maximum absolute atomic E-state index is 13.0. The zero-order chi connectivity index (χ0) is 16.5. The maximum atomic E-state index is 13.0. The van der Waals surface area contributed by atoms with E-state index in [1.807, 2.05) is 18.3 Å². The first-order valence-corrected chi connectivity index (χ1v) is 8.28. The number of nitrogens with one attached hydrogen (secondary N) is 1. The van der Waals surface area contributed by atoms with Crippen LogP contribution in [-0.2, 0) is 0 Å². The second-order valence-corrected chi connectivity index (χ2v) is 6.22. The first-order valence-electron chi connectivity index (χ1n) is 7.90. The summed E-state index contributed by atoms with van der Waals surface area (Å²) in [7, 11) is 0. The molecule has 3 heterocycles. The quantitative estimate of drug-likeness (QED) is 0.774. The van der Waals surface area contributed by atoms with Gasteiger partial charge in [0.05, 0.1) is 11.0 Å². The third kappa shape index (κ3) is 2.64. The largest absolute Gasteiger partial charge is 0.313 e. The van der Waals surface area contributed by atoms with Crippen molar-refractivity contribution in [2.75, 3.05) is 13.1 Å². The Kier molecular flexibility index (Phi) is 3.92. The van der Waals surface area contributed by atoms with Gasteiger partial charge in [-0.25, -0.2) is 0 Å². The molecule has 4 rings (SSSR count). The lowest BCUT2D eigenvalue weighted by Gasteiger charge is -2.12. The Morgan fingerprint density at radius 1 is 1.25 bits per heavy atom. The Morgan fingerprint density at radius 3 is 2.96 bits per heavy atom. The third-order valence-corrected chi connectivity index (χ3v) is 4.49. The minimum atomic E-state index is -0.101. The molecule has 0 spiro atoms. The van der Waals surface area contributed by atoms with Gasteiger partial charge in [-0.3, -0.25) is 14.3 Å². The molecule has 0 aliphatic carbocycles. The lowest BCUT2D eigenvalue weighted by atomic mass is 10.0. The first kappa shape index (κ1) is 15.1. The van der Waals surface area contributed by atoms with Crippen LogP contribution in [0.15, 0.2) is 54.9 Å². The van der Waals surface area contributed by atoms with Gasteiger partial charge in [0.1, 0.15) is 0 Å². The van der Waals surface area contributed by atoms with Gasteiger partial charge in [0.2, 0.25) is 0 Å². The van der Waals surface area contributed by atoms with Crippen LogP contribution in [0.25, 0.3) is 16.6 Å². The summed E-state index contributed by atoms with van der Waals surface area (Å²) in [6.07, 6.45) is 6.77. The molecular formula is C19H16ClN3O. The molecule has 0 radical (unpaired) electrons. The Morgan fingerprint density at radius 2 is 2.17 bits per heavy atom.